The lowest BCUT2D eigenvalue weighted by molar-refractivity contribution is -0.870. The van der Waals surface area contributed by atoms with Gasteiger partial charge in [-0.3, -0.25) is 9.78 Å². The van der Waals surface area contributed by atoms with Crippen LogP contribution in [-0.4, -0.2) is 127 Å². The van der Waals surface area contributed by atoms with Crippen LogP contribution in [0, 0.1) is 0 Å². The van der Waals surface area contributed by atoms with Gasteiger partial charge in [0.05, 0.1) is 45.5 Å². The van der Waals surface area contributed by atoms with Gasteiger partial charge < -0.3 is 34.2 Å². The molecule has 3 aliphatic heterocycles. The zero-order valence-electron chi connectivity index (χ0n) is 27.7. The van der Waals surface area contributed by atoms with E-state index in [0.717, 1.165) is 55.1 Å². The topological polar surface area (TPSA) is 127 Å². The van der Waals surface area contributed by atoms with Crippen molar-refractivity contribution >= 4 is 45.7 Å². The Morgan fingerprint density at radius 1 is 1.18 bits per heavy atom. The minimum atomic E-state index is -0.827. The number of likely N-dealkylation sites (N-methyl/N-ethyl adjacent to an activating group) is 1. The van der Waals surface area contributed by atoms with Crippen molar-refractivity contribution in [2.75, 3.05) is 59.7 Å². The first-order valence-corrected chi connectivity index (χ1v) is 18.4. The summed E-state index contributed by atoms with van der Waals surface area (Å²) in [5.41, 5.74) is 0.499. The van der Waals surface area contributed by atoms with Gasteiger partial charge in [-0.15, -0.1) is 12.4 Å². The Bertz CT molecular complexity index is 933. The lowest BCUT2D eigenvalue weighted by Gasteiger charge is -2.25. The van der Waals surface area contributed by atoms with Crippen LogP contribution in [0.25, 0.3) is 0 Å². The minimum Gasteiger partial charge on any atom is -0.456 e. The van der Waals surface area contributed by atoms with E-state index in [1.54, 1.807) is 25.3 Å². The monoisotopic (exact) mass is 694 g/mol. The van der Waals surface area contributed by atoms with Crippen LogP contribution in [0.5, 0.6) is 0 Å². The number of ketones is 1. The number of nitrogens with zero attached hydrogens (tertiary/aromatic N) is 2. The lowest BCUT2D eigenvalue weighted by Crippen LogP contribution is -2.39. The second-order valence-corrected chi connectivity index (χ2v) is 15.3. The molecule has 260 valence electrons. The number of ether oxygens (including phenoxy) is 3. The van der Waals surface area contributed by atoms with E-state index in [-0.39, 0.29) is 30.6 Å². The van der Waals surface area contributed by atoms with Crippen molar-refractivity contribution in [2.45, 2.75) is 101 Å². The van der Waals surface area contributed by atoms with Crippen LogP contribution in [0.2, 0.25) is 0 Å². The fourth-order valence-corrected chi connectivity index (χ4v) is 7.71. The molecule has 1 aromatic heterocycles. The minimum absolute atomic E-state index is 0. The number of rotatable bonds is 13. The Kier molecular flexibility index (Phi) is 21.9. The van der Waals surface area contributed by atoms with Gasteiger partial charge >= 0.3 is 5.97 Å². The number of halogens is 1. The van der Waals surface area contributed by atoms with E-state index in [1.165, 1.54) is 31.2 Å². The average molecular weight is 695 g/mol. The molecule has 3 saturated heterocycles. The smallest absolute Gasteiger partial charge is 0.339 e. The quantitative estimate of drug-likeness (QED) is 0.118. The van der Waals surface area contributed by atoms with Crippen LogP contribution in [0.15, 0.2) is 24.5 Å². The first-order chi connectivity index (χ1) is 21.0. The van der Waals surface area contributed by atoms with Crippen molar-refractivity contribution in [3.05, 3.63) is 30.1 Å². The summed E-state index contributed by atoms with van der Waals surface area (Å²) in [6.07, 6.45) is 9.74. The maximum absolute atomic E-state index is 11.5. The molecule has 4 rings (SSSR count). The highest BCUT2D eigenvalue weighted by atomic mass is 35.5. The summed E-state index contributed by atoms with van der Waals surface area (Å²) >= 11 is 0. The number of esters is 1. The van der Waals surface area contributed by atoms with Crippen molar-refractivity contribution < 1.29 is 38.5 Å². The first-order valence-electron chi connectivity index (χ1n) is 16.0. The molecule has 1 aromatic rings. The third kappa shape index (κ3) is 18.2. The highest BCUT2D eigenvalue weighted by Crippen LogP contribution is 2.39. The number of quaternary nitrogens is 1. The van der Waals surface area contributed by atoms with Gasteiger partial charge in [0, 0.05) is 42.8 Å². The normalized spacial score (nSPS) is 26.0. The summed E-state index contributed by atoms with van der Waals surface area (Å²) in [5.74, 6) is 1.44. The van der Waals surface area contributed by atoms with Crippen LogP contribution in [0.1, 0.15) is 75.6 Å². The van der Waals surface area contributed by atoms with Crippen molar-refractivity contribution in [3.8, 4) is 0 Å². The van der Waals surface area contributed by atoms with E-state index in [1.807, 2.05) is 28.5 Å². The van der Waals surface area contributed by atoms with Gasteiger partial charge in [0.25, 0.3) is 0 Å². The second-order valence-electron chi connectivity index (χ2n) is 12.5. The summed E-state index contributed by atoms with van der Waals surface area (Å²) in [7, 11) is 10.2. The highest BCUT2D eigenvalue weighted by molar-refractivity contribution is 8.77. The zero-order valence-corrected chi connectivity index (χ0v) is 30.2. The number of Topliss-reactive ketones (excluding diaryl/α,β-unsaturated/α-hetero) is 1. The maximum atomic E-state index is 11.5. The molecule has 0 radical (unpaired) electrons. The number of nitrogens with one attached hydrogen (secondary N) is 1. The van der Waals surface area contributed by atoms with Crippen molar-refractivity contribution in [3.63, 3.8) is 0 Å². The molecule has 6 atom stereocenters. The molecule has 13 heteroatoms. The van der Waals surface area contributed by atoms with Crippen LogP contribution in [0.4, 0.5) is 0 Å². The molecule has 0 saturated carbocycles. The zero-order chi connectivity index (χ0) is 32.4. The Balaban J connectivity index is 0.000000336. The summed E-state index contributed by atoms with van der Waals surface area (Å²) in [6.45, 7) is 7.21. The number of hydrogen-bond acceptors (Lipinski definition) is 11. The predicted molar refractivity (Wildman–Crippen MR) is 185 cm³/mol. The summed E-state index contributed by atoms with van der Waals surface area (Å²) in [5, 5.41) is 23.4. The number of carbonyl (C=O) groups is 2. The number of carbonyl (C=O) groups excluding carboxylic acids is 2. The second kappa shape index (κ2) is 23.4. The lowest BCUT2D eigenvalue weighted by atomic mass is 10.1. The third-order valence-electron chi connectivity index (χ3n) is 7.59. The summed E-state index contributed by atoms with van der Waals surface area (Å²) in [6, 6.07) is 3.41. The third-order valence-corrected chi connectivity index (χ3v) is 10.6. The molecule has 0 aliphatic carbocycles. The van der Waals surface area contributed by atoms with Crippen LogP contribution >= 0.6 is 34.0 Å². The number of aliphatic hydroxyl groups excluding tert-OH is 2. The molecule has 0 spiro atoms. The van der Waals surface area contributed by atoms with E-state index < -0.39 is 18.3 Å². The predicted octanol–water partition coefficient (Wildman–Crippen LogP) is 4.31. The van der Waals surface area contributed by atoms with Crippen molar-refractivity contribution in [1.82, 2.24) is 10.3 Å². The van der Waals surface area contributed by atoms with E-state index in [2.05, 4.69) is 31.4 Å². The summed E-state index contributed by atoms with van der Waals surface area (Å²) < 4.78 is 17.0. The van der Waals surface area contributed by atoms with Gasteiger partial charge in [-0.1, -0.05) is 34.9 Å². The molecule has 10 nitrogen and oxygen atoms in total. The fourth-order valence-electron chi connectivity index (χ4n) is 4.68. The van der Waals surface area contributed by atoms with E-state index >= 15 is 0 Å². The average Bonchev–Trinajstić information content (AvgIpc) is 3.63. The van der Waals surface area contributed by atoms with Gasteiger partial charge in [-0.25, -0.2) is 4.79 Å². The Hall–Kier alpha value is -0.960. The molecule has 0 bridgehead atoms. The molecule has 4 heterocycles. The number of aliphatic hydroxyl groups is 2. The van der Waals surface area contributed by atoms with Gasteiger partial charge in [0.2, 0.25) is 0 Å². The maximum Gasteiger partial charge on any atom is 0.339 e. The number of aromatic nitrogens is 1. The SMILES string of the molecule is CC1OC(COC2CCCNC2)C(O)C1O.CCC(=O)CCCCC1CCSS1.C[N+](C)(C)CCOC(=O)c1cccnc1.Cl. The Morgan fingerprint density at radius 2 is 1.96 bits per heavy atom. The Labute approximate surface area is 284 Å². The molecule has 3 aliphatic rings. The molecular weight excluding hydrogens is 638 g/mol. The first kappa shape index (κ1) is 42.1. The van der Waals surface area contributed by atoms with Gasteiger partial charge in [-0.2, -0.15) is 0 Å². The molecule has 45 heavy (non-hydrogen) atoms. The van der Waals surface area contributed by atoms with Gasteiger partial charge in [-0.05, 0) is 57.7 Å². The Morgan fingerprint density at radius 3 is 2.51 bits per heavy atom. The van der Waals surface area contributed by atoms with Crippen molar-refractivity contribution in [2.24, 2.45) is 0 Å². The molecule has 0 aromatic carbocycles. The molecule has 3 fully saturated rings. The van der Waals surface area contributed by atoms with E-state index in [0.29, 0.717) is 31.0 Å². The molecular formula is C32H57ClN3O7S2+. The molecule has 0 amide bonds. The number of pyridine rings is 1. The summed E-state index contributed by atoms with van der Waals surface area (Å²) in [4.78, 5) is 26.3. The largest absolute Gasteiger partial charge is 0.456 e. The van der Waals surface area contributed by atoms with Gasteiger partial charge in [0.15, 0.2) is 0 Å². The molecule has 6 unspecified atom stereocenters. The number of piperidine rings is 1. The van der Waals surface area contributed by atoms with Crippen molar-refractivity contribution in [1.29, 1.82) is 0 Å². The molecule has 3 N–H and O–H groups in total. The van der Waals surface area contributed by atoms with Crippen LogP contribution < -0.4 is 5.32 Å². The van der Waals surface area contributed by atoms with Crippen LogP contribution in [-0.2, 0) is 19.0 Å². The number of unbranched alkanes of at least 4 members (excludes halogenated alkanes) is 1. The fraction of sp³-hybridized carbons (Fsp3) is 0.781. The standard InChI is InChI=1S/C11H17N2O2.C11H21NO4.C10H18OS2.ClH/c1-13(2,3)7-8-15-11(14)10-5-4-6-12-9-10;1-7-10(13)11(14)9(16-7)6-15-8-3-2-4-12-5-8;1-2-9(11)5-3-4-6-10-7-8-12-13-10;/h4-6,9H,7-8H2,1-3H3;7-14H,2-6H2,1H3;10H,2-8H2,1H3;1H/q+1;;;. The van der Waals surface area contributed by atoms with E-state index in [9.17, 15) is 19.8 Å². The highest BCUT2D eigenvalue weighted by Gasteiger charge is 2.40. The van der Waals surface area contributed by atoms with Gasteiger partial charge in [0.1, 0.15) is 37.2 Å². The van der Waals surface area contributed by atoms with Crippen LogP contribution in [0.3, 0.4) is 0 Å². The van der Waals surface area contributed by atoms with E-state index in [4.69, 9.17) is 14.2 Å². The number of hydrogen-bond donors (Lipinski definition) is 3.